The largest absolute Gasteiger partial charge is 0.393 e. The second kappa shape index (κ2) is 5.20. The van der Waals surface area contributed by atoms with E-state index in [1.165, 1.54) is 0 Å². The minimum absolute atomic E-state index is 0.0844. The number of aliphatic hydroxyl groups excluding tert-OH is 1. The van der Waals surface area contributed by atoms with E-state index in [2.05, 4.69) is 9.97 Å². The quantitative estimate of drug-likeness (QED) is 0.780. The van der Waals surface area contributed by atoms with Crippen molar-refractivity contribution < 1.29 is 9.90 Å². The smallest absolute Gasteiger partial charge is 0.272 e. The first-order valence-electron chi connectivity index (χ1n) is 5.96. The first-order chi connectivity index (χ1) is 8.47. The molecule has 18 heavy (non-hydrogen) atoms. The maximum atomic E-state index is 12.3. The topological polar surface area (TPSA) is 66.3 Å². The Morgan fingerprint density at radius 2 is 2.28 bits per heavy atom. The fourth-order valence-electron chi connectivity index (χ4n) is 2.12. The molecular weight excluding hydrogens is 254 g/mol. The van der Waals surface area contributed by atoms with Crippen LogP contribution in [0.25, 0.3) is 0 Å². The first-order valence-corrected chi connectivity index (χ1v) is 6.33. The van der Waals surface area contributed by atoms with Crippen molar-refractivity contribution in [3.8, 4) is 0 Å². The Morgan fingerprint density at radius 1 is 1.56 bits per heavy atom. The zero-order valence-electron chi connectivity index (χ0n) is 10.4. The second-order valence-corrected chi connectivity index (χ2v) is 5.09. The summed E-state index contributed by atoms with van der Waals surface area (Å²) in [4.78, 5) is 21.8. The number of carbonyl (C=O) groups excluding carboxylic acids is 1. The number of nitrogens with zero attached hydrogens (tertiary/aromatic N) is 3. The van der Waals surface area contributed by atoms with Crippen molar-refractivity contribution in [3.05, 3.63) is 22.7 Å². The highest BCUT2D eigenvalue weighted by molar-refractivity contribution is 6.28. The molecule has 2 rings (SSSR count). The lowest BCUT2D eigenvalue weighted by molar-refractivity contribution is 0.0294. The van der Waals surface area contributed by atoms with Gasteiger partial charge in [0.15, 0.2) is 0 Å². The molecule has 98 valence electrons. The first kappa shape index (κ1) is 13.2. The Morgan fingerprint density at radius 3 is 2.89 bits per heavy atom. The Bertz CT molecular complexity index is 446. The molecule has 1 aliphatic rings. The van der Waals surface area contributed by atoms with Crippen LogP contribution >= 0.6 is 11.6 Å². The number of hydrogen-bond donors (Lipinski definition) is 1. The lowest BCUT2D eigenvalue weighted by atomic mass is 9.96. The average Bonchev–Trinajstić information content (AvgIpc) is 2.30. The van der Waals surface area contributed by atoms with Crippen LogP contribution in [0.3, 0.4) is 0 Å². The molecule has 2 atom stereocenters. The van der Waals surface area contributed by atoms with Crippen LogP contribution in [-0.2, 0) is 0 Å². The number of piperidine rings is 1. The van der Waals surface area contributed by atoms with Crippen molar-refractivity contribution in [1.29, 1.82) is 0 Å². The average molecular weight is 270 g/mol. The molecule has 2 unspecified atom stereocenters. The van der Waals surface area contributed by atoms with E-state index >= 15 is 0 Å². The fraction of sp³-hybridized carbons (Fsp3) is 0.583. The molecule has 5 nitrogen and oxygen atoms in total. The summed E-state index contributed by atoms with van der Waals surface area (Å²) in [7, 11) is 0. The van der Waals surface area contributed by atoms with Gasteiger partial charge < -0.3 is 10.0 Å². The third kappa shape index (κ3) is 2.79. The minimum atomic E-state index is -0.329. The SMILES string of the molecule is Cc1cc(C(=O)N2CCC(O)C(C)C2)nc(Cl)n1. The molecule has 1 aromatic rings. The predicted octanol–water partition coefficient (Wildman–Crippen LogP) is 1.28. The van der Waals surface area contributed by atoms with Crippen molar-refractivity contribution in [2.45, 2.75) is 26.4 Å². The third-order valence-corrected chi connectivity index (χ3v) is 3.36. The van der Waals surface area contributed by atoms with E-state index in [-0.39, 0.29) is 23.2 Å². The van der Waals surface area contributed by atoms with Crippen LogP contribution in [0.15, 0.2) is 6.07 Å². The highest BCUT2D eigenvalue weighted by atomic mass is 35.5. The van der Waals surface area contributed by atoms with Crippen molar-refractivity contribution >= 4 is 17.5 Å². The van der Waals surface area contributed by atoms with Crippen LogP contribution in [-0.4, -0.2) is 45.1 Å². The fourth-order valence-corrected chi connectivity index (χ4v) is 2.35. The van der Waals surface area contributed by atoms with Gasteiger partial charge in [-0.3, -0.25) is 4.79 Å². The van der Waals surface area contributed by atoms with Crippen LogP contribution in [0.2, 0.25) is 5.28 Å². The Kier molecular flexibility index (Phi) is 3.82. The number of halogens is 1. The van der Waals surface area contributed by atoms with Gasteiger partial charge in [0.05, 0.1) is 6.10 Å². The Balaban J connectivity index is 2.16. The maximum absolute atomic E-state index is 12.3. The van der Waals surface area contributed by atoms with E-state index in [0.29, 0.717) is 30.9 Å². The minimum Gasteiger partial charge on any atom is -0.393 e. The number of rotatable bonds is 1. The summed E-state index contributed by atoms with van der Waals surface area (Å²) in [5.74, 6) is -0.0674. The van der Waals surface area contributed by atoms with Crippen molar-refractivity contribution in [2.24, 2.45) is 5.92 Å². The summed E-state index contributed by atoms with van der Waals surface area (Å²) in [6.45, 7) is 4.79. The van der Waals surface area contributed by atoms with Gasteiger partial charge >= 0.3 is 0 Å². The Labute approximate surface area is 111 Å². The Hall–Kier alpha value is -1.20. The molecule has 0 bridgehead atoms. The van der Waals surface area contributed by atoms with E-state index in [4.69, 9.17) is 11.6 Å². The van der Waals surface area contributed by atoms with Crippen LogP contribution in [0.5, 0.6) is 0 Å². The molecular formula is C12H16ClN3O2. The monoisotopic (exact) mass is 269 g/mol. The molecule has 1 amide bonds. The van der Waals surface area contributed by atoms with Crippen LogP contribution in [0, 0.1) is 12.8 Å². The highest BCUT2D eigenvalue weighted by Gasteiger charge is 2.28. The number of likely N-dealkylation sites (tertiary alicyclic amines) is 1. The third-order valence-electron chi connectivity index (χ3n) is 3.19. The van der Waals surface area contributed by atoms with Crippen LogP contribution in [0.1, 0.15) is 29.5 Å². The maximum Gasteiger partial charge on any atom is 0.272 e. The van der Waals surface area contributed by atoms with E-state index in [1.807, 2.05) is 6.92 Å². The molecule has 1 aliphatic heterocycles. The molecule has 2 heterocycles. The summed E-state index contributed by atoms with van der Waals surface area (Å²) >= 11 is 5.75. The normalized spacial score (nSPS) is 24.1. The standard InChI is InChI=1S/C12H16ClN3O2/c1-7-6-16(4-3-10(7)17)11(18)9-5-8(2)14-12(13)15-9/h5,7,10,17H,3-4,6H2,1-2H3. The van der Waals surface area contributed by atoms with Gasteiger partial charge in [-0.05, 0) is 36.9 Å². The van der Waals surface area contributed by atoms with E-state index < -0.39 is 0 Å². The van der Waals surface area contributed by atoms with Gasteiger partial charge in [-0.2, -0.15) is 0 Å². The highest BCUT2D eigenvalue weighted by Crippen LogP contribution is 2.18. The molecule has 1 fully saturated rings. The molecule has 0 spiro atoms. The molecule has 0 saturated carbocycles. The van der Waals surface area contributed by atoms with E-state index in [9.17, 15) is 9.90 Å². The van der Waals surface area contributed by atoms with Crippen LogP contribution in [0.4, 0.5) is 0 Å². The summed E-state index contributed by atoms with van der Waals surface area (Å²) in [6, 6.07) is 1.63. The predicted molar refractivity (Wildman–Crippen MR) is 67.5 cm³/mol. The summed E-state index contributed by atoms with van der Waals surface area (Å²) in [6.07, 6.45) is 0.273. The lowest BCUT2D eigenvalue weighted by Gasteiger charge is -2.34. The van der Waals surface area contributed by atoms with Crippen molar-refractivity contribution in [2.75, 3.05) is 13.1 Å². The number of amides is 1. The summed E-state index contributed by atoms with van der Waals surface area (Å²) < 4.78 is 0. The van der Waals surface area contributed by atoms with E-state index in [0.717, 1.165) is 0 Å². The number of carbonyl (C=O) groups is 1. The summed E-state index contributed by atoms with van der Waals surface area (Å²) in [5.41, 5.74) is 0.986. The molecule has 1 aromatic heterocycles. The van der Waals surface area contributed by atoms with Gasteiger partial charge in [-0.1, -0.05) is 6.92 Å². The van der Waals surface area contributed by atoms with Gasteiger partial charge in [-0.15, -0.1) is 0 Å². The zero-order chi connectivity index (χ0) is 13.3. The summed E-state index contributed by atoms with van der Waals surface area (Å²) in [5, 5.41) is 9.74. The van der Waals surface area contributed by atoms with Gasteiger partial charge in [0.2, 0.25) is 5.28 Å². The number of hydrogen-bond acceptors (Lipinski definition) is 4. The zero-order valence-corrected chi connectivity index (χ0v) is 11.2. The van der Waals surface area contributed by atoms with Gasteiger partial charge in [-0.25, -0.2) is 9.97 Å². The van der Waals surface area contributed by atoms with Crippen molar-refractivity contribution in [1.82, 2.24) is 14.9 Å². The molecule has 0 aromatic carbocycles. The van der Waals surface area contributed by atoms with Gasteiger partial charge in [0.1, 0.15) is 5.69 Å². The lowest BCUT2D eigenvalue weighted by Crippen LogP contribution is -2.45. The number of aryl methyl sites for hydroxylation is 1. The number of aliphatic hydroxyl groups is 1. The number of aromatic nitrogens is 2. The second-order valence-electron chi connectivity index (χ2n) is 4.75. The van der Waals surface area contributed by atoms with Crippen molar-refractivity contribution in [3.63, 3.8) is 0 Å². The van der Waals surface area contributed by atoms with Gasteiger partial charge in [0.25, 0.3) is 5.91 Å². The molecule has 0 aliphatic carbocycles. The molecule has 1 saturated heterocycles. The molecule has 1 N–H and O–H groups in total. The van der Waals surface area contributed by atoms with E-state index in [1.54, 1.807) is 17.9 Å². The van der Waals surface area contributed by atoms with Gasteiger partial charge in [0, 0.05) is 18.8 Å². The molecule has 6 heteroatoms. The van der Waals surface area contributed by atoms with Crippen LogP contribution < -0.4 is 0 Å². The molecule has 0 radical (unpaired) electrons.